The number of benzene rings is 2. The number of ether oxygens (including phenoxy) is 1. The number of carbonyl (C=O) groups excluding carboxylic acids is 1. The molecule has 0 radical (unpaired) electrons. The van der Waals surface area contributed by atoms with Crippen molar-refractivity contribution in [3.05, 3.63) is 65.7 Å². The smallest absolute Gasteiger partial charge is 0.186 e. The molecule has 102 valence electrons. The normalized spacial score (nSPS) is 10.6. The lowest BCUT2D eigenvalue weighted by Gasteiger charge is -2.06. The fourth-order valence-electron chi connectivity index (χ4n) is 1.67. The first-order valence-corrected chi connectivity index (χ1v) is 6.16. The van der Waals surface area contributed by atoms with Crippen molar-refractivity contribution in [2.24, 2.45) is 16.2 Å². The average Bonchev–Trinajstić information content (AvgIpc) is 2.52. The van der Waals surface area contributed by atoms with Crippen molar-refractivity contribution in [1.82, 2.24) is 0 Å². The van der Waals surface area contributed by atoms with Crippen molar-refractivity contribution in [2.45, 2.75) is 6.61 Å². The Morgan fingerprint density at radius 2 is 1.75 bits per heavy atom. The fraction of sp³-hybridized carbons (Fsp3) is 0.133. The lowest BCUT2D eigenvalue weighted by molar-refractivity contribution is 0.1000. The Balaban J connectivity index is 1.93. The van der Waals surface area contributed by atoms with E-state index in [4.69, 9.17) is 10.6 Å². The minimum absolute atomic E-state index is 0.0410. The topological polar surface area (TPSA) is 77.0 Å². The molecule has 0 bridgehead atoms. The van der Waals surface area contributed by atoms with Crippen LogP contribution in [0.3, 0.4) is 0 Å². The van der Waals surface area contributed by atoms with Gasteiger partial charge in [-0.2, -0.15) is 5.11 Å². The molecule has 0 aliphatic carbocycles. The highest BCUT2D eigenvalue weighted by Crippen LogP contribution is 2.14. The van der Waals surface area contributed by atoms with E-state index < -0.39 is 0 Å². The summed E-state index contributed by atoms with van der Waals surface area (Å²) in [6.45, 7) is 0.455. The first-order chi connectivity index (χ1) is 9.79. The average molecular weight is 269 g/mol. The Hall–Kier alpha value is -2.69. The van der Waals surface area contributed by atoms with E-state index in [1.807, 2.05) is 30.3 Å². The number of nitrogens with two attached hydrogens (primary N) is 1. The maximum Gasteiger partial charge on any atom is 0.186 e. The fourth-order valence-corrected chi connectivity index (χ4v) is 1.67. The molecule has 0 saturated carbocycles. The molecule has 2 rings (SSSR count). The van der Waals surface area contributed by atoms with E-state index in [1.165, 1.54) is 0 Å². The van der Waals surface area contributed by atoms with Gasteiger partial charge in [0.2, 0.25) is 0 Å². The molecule has 0 aliphatic rings. The van der Waals surface area contributed by atoms with E-state index in [-0.39, 0.29) is 12.3 Å². The van der Waals surface area contributed by atoms with Crippen molar-refractivity contribution >= 4 is 5.78 Å². The van der Waals surface area contributed by atoms with E-state index in [9.17, 15) is 4.79 Å². The number of rotatable bonds is 6. The van der Waals surface area contributed by atoms with Gasteiger partial charge in [-0.25, -0.2) is 0 Å². The van der Waals surface area contributed by atoms with E-state index >= 15 is 0 Å². The molecular formula is C15H15N3O2. The first-order valence-electron chi connectivity index (χ1n) is 6.16. The van der Waals surface area contributed by atoms with Crippen molar-refractivity contribution in [2.75, 3.05) is 6.54 Å². The van der Waals surface area contributed by atoms with Crippen LogP contribution < -0.4 is 10.6 Å². The SMILES string of the molecule is NN=NCC(=O)c1ccc(OCc2ccccc2)cc1. The van der Waals surface area contributed by atoms with Crippen molar-refractivity contribution in [3.63, 3.8) is 0 Å². The summed E-state index contributed by atoms with van der Waals surface area (Å²) in [5, 5.41) is 6.53. The minimum Gasteiger partial charge on any atom is -0.489 e. The predicted octanol–water partition coefficient (Wildman–Crippen LogP) is 2.77. The van der Waals surface area contributed by atoms with E-state index in [0.717, 1.165) is 5.56 Å². The van der Waals surface area contributed by atoms with Gasteiger partial charge in [0, 0.05) is 5.56 Å². The van der Waals surface area contributed by atoms with Crippen LogP contribution in [0.1, 0.15) is 15.9 Å². The largest absolute Gasteiger partial charge is 0.489 e. The molecule has 0 aromatic heterocycles. The van der Waals surface area contributed by atoms with E-state index in [1.54, 1.807) is 24.3 Å². The monoisotopic (exact) mass is 269 g/mol. The molecule has 2 N–H and O–H groups in total. The third kappa shape index (κ3) is 3.91. The molecule has 2 aromatic carbocycles. The third-order valence-electron chi connectivity index (χ3n) is 2.72. The molecular weight excluding hydrogens is 254 g/mol. The van der Waals surface area contributed by atoms with Crippen LogP contribution in [-0.4, -0.2) is 12.3 Å². The summed E-state index contributed by atoms with van der Waals surface area (Å²) in [6, 6.07) is 16.8. The van der Waals surface area contributed by atoms with Crippen molar-refractivity contribution in [1.29, 1.82) is 0 Å². The molecule has 0 saturated heterocycles. The van der Waals surface area contributed by atoms with Gasteiger partial charge in [-0.1, -0.05) is 35.6 Å². The van der Waals surface area contributed by atoms with Crippen molar-refractivity contribution in [3.8, 4) is 5.75 Å². The summed E-state index contributed by atoms with van der Waals surface area (Å²) in [5.74, 6) is 5.44. The van der Waals surface area contributed by atoms with Crippen LogP contribution in [0.25, 0.3) is 0 Å². The minimum atomic E-state index is -0.131. The zero-order valence-corrected chi connectivity index (χ0v) is 10.9. The molecule has 0 unspecified atom stereocenters. The summed E-state index contributed by atoms with van der Waals surface area (Å²) >= 11 is 0. The maximum atomic E-state index is 11.6. The Kier molecular flexibility index (Phi) is 4.83. The quantitative estimate of drug-likeness (QED) is 0.379. The first kappa shape index (κ1) is 13.7. The Morgan fingerprint density at radius 1 is 1.05 bits per heavy atom. The van der Waals surface area contributed by atoms with Gasteiger partial charge in [-0.3, -0.25) is 4.79 Å². The summed E-state index contributed by atoms with van der Waals surface area (Å²) in [4.78, 5) is 11.6. The Labute approximate surface area is 117 Å². The van der Waals surface area contributed by atoms with Crippen molar-refractivity contribution < 1.29 is 9.53 Å². The van der Waals surface area contributed by atoms with Crippen LogP contribution in [-0.2, 0) is 6.61 Å². The number of hydrogen-bond donors (Lipinski definition) is 1. The number of nitrogens with zero attached hydrogens (tertiary/aromatic N) is 2. The molecule has 20 heavy (non-hydrogen) atoms. The highest BCUT2D eigenvalue weighted by Gasteiger charge is 2.05. The summed E-state index contributed by atoms with van der Waals surface area (Å²) in [6.07, 6.45) is 0. The van der Waals surface area contributed by atoms with Gasteiger partial charge in [-0.05, 0) is 29.8 Å². The molecule has 0 amide bonds. The van der Waals surface area contributed by atoms with Gasteiger partial charge in [0.25, 0.3) is 0 Å². The van der Waals surface area contributed by atoms with Crippen LogP contribution in [0, 0.1) is 0 Å². The molecule has 0 fully saturated rings. The number of ketones is 1. The molecule has 0 atom stereocenters. The second-order valence-electron chi connectivity index (χ2n) is 4.14. The van der Waals surface area contributed by atoms with Crippen LogP contribution in [0.2, 0.25) is 0 Å². The van der Waals surface area contributed by atoms with Crippen LogP contribution >= 0.6 is 0 Å². The van der Waals surface area contributed by atoms with Crippen LogP contribution in [0.4, 0.5) is 0 Å². The van der Waals surface area contributed by atoms with Crippen LogP contribution in [0.5, 0.6) is 5.75 Å². The molecule has 5 nitrogen and oxygen atoms in total. The number of Topliss-reactive ketones (excluding diaryl/α,β-unsaturated/α-hetero) is 1. The van der Waals surface area contributed by atoms with Gasteiger partial charge in [0.15, 0.2) is 5.78 Å². The summed E-state index contributed by atoms with van der Waals surface area (Å²) in [7, 11) is 0. The van der Waals surface area contributed by atoms with Crippen LogP contribution in [0.15, 0.2) is 64.9 Å². The van der Waals surface area contributed by atoms with E-state index in [2.05, 4.69) is 10.3 Å². The van der Waals surface area contributed by atoms with Gasteiger partial charge in [0.1, 0.15) is 18.9 Å². The zero-order chi connectivity index (χ0) is 14.2. The molecule has 0 spiro atoms. The lowest BCUT2D eigenvalue weighted by atomic mass is 10.1. The lowest BCUT2D eigenvalue weighted by Crippen LogP contribution is -2.03. The highest BCUT2D eigenvalue weighted by molar-refractivity contribution is 5.97. The molecule has 0 heterocycles. The molecule has 2 aromatic rings. The van der Waals surface area contributed by atoms with Gasteiger partial charge in [-0.15, -0.1) is 0 Å². The number of carbonyl (C=O) groups is 1. The zero-order valence-electron chi connectivity index (χ0n) is 10.9. The maximum absolute atomic E-state index is 11.6. The summed E-state index contributed by atoms with van der Waals surface area (Å²) in [5.41, 5.74) is 1.65. The highest BCUT2D eigenvalue weighted by atomic mass is 16.5. The predicted molar refractivity (Wildman–Crippen MR) is 75.5 cm³/mol. The van der Waals surface area contributed by atoms with Gasteiger partial charge < -0.3 is 10.6 Å². The number of hydrogen-bond acceptors (Lipinski definition) is 4. The molecule has 0 aliphatic heterocycles. The van der Waals surface area contributed by atoms with E-state index in [0.29, 0.717) is 17.9 Å². The van der Waals surface area contributed by atoms with Gasteiger partial charge >= 0.3 is 0 Å². The third-order valence-corrected chi connectivity index (χ3v) is 2.72. The second-order valence-corrected chi connectivity index (χ2v) is 4.14. The second kappa shape index (κ2) is 7.04. The Bertz CT molecular complexity index is 580. The Morgan fingerprint density at radius 3 is 2.40 bits per heavy atom. The summed E-state index contributed by atoms with van der Waals surface area (Å²) < 4.78 is 5.63. The standard InChI is InChI=1S/C15H15N3O2/c16-18-17-10-15(19)13-6-8-14(9-7-13)20-11-12-4-2-1-3-5-12/h1-9H,10-11H2,(H2,16,17). The molecule has 5 heteroatoms. The van der Waals surface area contributed by atoms with Gasteiger partial charge in [0.05, 0.1) is 0 Å².